The molecule has 0 saturated carbocycles. The first kappa shape index (κ1) is 14.0. The first-order chi connectivity index (χ1) is 9.84. The number of piperidine rings is 1. The summed E-state index contributed by atoms with van der Waals surface area (Å²) >= 11 is 1.66. The maximum Gasteiger partial charge on any atom is 0.223 e. The summed E-state index contributed by atoms with van der Waals surface area (Å²) in [4.78, 5) is 19.0. The number of nitrogens with zero attached hydrogens (tertiary/aromatic N) is 2. The van der Waals surface area contributed by atoms with Crippen molar-refractivity contribution in [1.82, 2.24) is 9.88 Å². The smallest absolute Gasteiger partial charge is 0.223 e. The standard InChI is InChI=1S/C15H22N2O2S/c18-14(7-6-12-4-3-10-19-12)17-9-2-1-5-13(17)15-16-8-11-20-15/h8,11-13H,1-7,9-10H2/t12-,13-/m1/s1. The number of likely N-dealkylation sites (tertiary alicyclic amines) is 1. The fourth-order valence-electron chi connectivity index (χ4n) is 3.19. The van der Waals surface area contributed by atoms with Crippen LogP contribution in [0.1, 0.15) is 56.0 Å². The van der Waals surface area contributed by atoms with E-state index in [4.69, 9.17) is 4.74 Å². The highest BCUT2D eigenvalue weighted by atomic mass is 32.1. The monoisotopic (exact) mass is 294 g/mol. The molecular weight excluding hydrogens is 272 g/mol. The van der Waals surface area contributed by atoms with Gasteiger partial charge in [-0.05, 0) is 38.5 Å². The highest BCUT2D eigenvalue weighted by Gasteiger charge is 2.29. The molecule has 2 aliphatic rings. The predicted molar refractivity (Wildman–Crippen MR) is 78.6 cm³/mol. The maximum atomic E-state index is 12.5. The molecule has 2 aliphatic heterocycles. The minimum atomic E-state index is 0.209. The minimum absolute atomic E-state index is 0.209. The normalized spacial score (nSPS) is 26.9. The summed E-state index contributed by atoms with van der Waals surface area (Å²) in [6.07, 6.45) is 9.26. The van der Waals surface area contributed by atoms with Crippen molar-refractivity contribution in [3.05, 3.63) is 16.6 Å². The van der Waals surface area contributed by atoms with Crippen molar-refractivity contribution < 1.29 is 9.53 Å². The number of ether oxygens (including phenoxy) is 1. The van der Waals surface area contributed by atoms with Crippen molar-refractivity contribution in [3.63, 3.8) is 0 Å². The highest BCUT2D eigenvalue weighted by molar-refractivity contribution is 7.09. The number of carbonyl (C=O) groups is 1. The summed E-state index contributed by atoms with van der Waals surface area (Å²) in [5.41, 5.74) is 0. The SMILES string of the molecule is O=C(CC[C@H]1CCCO1)N1CCCC[C@@H]1c1nccs1. The summed E-state index contributed by atoms with van der Waals surface area (Å²) in [5.74, 6) is 0.278. The molecule has 1 amide bonds. The molecule has 2 saturated heterocycles. The van der Waals surface area contributed by atoms with Gasteiger partial charge in [-0.25, -0.2) is 4.98 Å². The van der Waals surface area contributed by atoms with Crippen LogP contribution >= 0.6 is 11.3 Å². The Kier molecular flexibility index (Phi) is 4.68. The van der Waals surface area contributed by atoms with Crippen molar-refractivity contribution in [1.29, 1.82) is 0 Å². The highest BCUT2D eigenvalue weighted by Crippen LogP contribution is 2.32. The zero-order valence-electron chi connectivity index (χ0n) is 11.8. The Morgan fingerprint density at radius 2 is 2.35 bits per heavy atom. The molecule has 0 unspecified atom stereocenters. The average Bonchev–Trinajstić information content (AvgIpc) is 3.18. The van der Waals surface area contributed by atoms with Gasteiger partial charge in [0.25, 0.3) is 0 Å². The van der Waals surface area contributed by atoms with E-state index in [1.54, 1.807) is 11.3 Å². The maximum absolute atomic E-state index is 12.5. The Bertz CT molecular complexity index is 429. The Balaban J connectivity index is 1.59. The van der Waals surface area contributed by atoms with Crippen LogP contribution in [0.15, 0.2) is 11.6 Å². The van der Waals surface area contributed by atoms with Crippen LogP contribution in [0.4, 0.5) is 0 Å². The van der Waals surface area contributed by atoms with Crippen LogP contribution in [-0.4, -0.2) is 35.0 Å². The summed E-state index contributed by atoms with van der Waals surface area (Å²) in [7, 11) is 0. The lowest BCUT2D eigenvalue weighted by Gasteiger charge is -2.34. The number of rotatable bonds is 4. The summed E-state index contributed by atoms with van der Waals surface area (Å²) in [6.45, 7) is 1.75. The van der Waals surface area contributed by atoms with Gasteiger partial charge in [0.05, 0.1) is 12.1 Å². The molecular formula is C15H22N2O2S. The molecule has 2 fully saturated rings. The summed E-state index contributed by atoms with van der Waals surface area (Å²) < 4.78 is 5.61. The third kappa shape index (κ3) is 3.20. The van der Waals surface area contributed by atoms with Crippen molar-refractivity contribution >= 4 is 17.2 Å². The Morgan fingerprint density at radius 3 is 3.10 bits per heavy atom. The van der Waals surface area contributed by atoms with Crippen LogP contribution in [-0.2, 0) is 9.53 Å². The number of aromatic nitrogens is 1. The molecule has 0 bridgehead atoms. The Morgan fingerprint density at radius 1 is 1.40 bits per heavy atom. The molecule has 1 aromatic rings. The molecule has 5 heteroatoms. The van der Waals surface area contributed by atoms with Crippen LogP contribution < -0.4 is 0 Å². The molecule has 0 aliphatic carbocycles. The van der Waals surface area contributed by atoms with Gasteiger partial charge in [0.1, 0.15) is 5.01 Å². The van der Waals surface area contributed by atoms with Gasteiger partial charge in [0.2, 0.25) is 5.91 Å². The lowest BCUT2D eigenvalue weighted by Crippen LogP contribution is -2.38. The van der Waals surface area contributed by atoms with Crippen molar-refractivity contribution in [2.75, 3.05) is 13.2 Å². The van der Waals surface area contributed by atoms with Gasteiger partial charge < -0.3 is 9.64 Å². The van der Waals surface area contributed by atoms with Gasteiger partial charge in [-0.15, -0.1) is 11.3 Å². The van der Waals surface area contributed by atoms with Gasteiger partial charge in [0.15, 0.2) is 0 Å². The second-order valence-electron chi connectivity index (χ2n) is 5.64. The third-order valence-electron chi connectivity index (χ3n) is 4.26. The summed E-state index contributed by atoms with van der Waals surface area (Å²) in [5, 5.41) is 3.09. The lowest BCUT2D eigenvalue weighted by atomic mass is 10.0. The van der Waals surface area contributed by atoms with E-state index in [-0.39, 0.29) is 11.9 Å². The van der Waals surface area contributed by atoms with Gasteiger partial charge in [-0.2, -0.15) is 0 Å². The van der Waals surface area contributed by atoms with E-state index in [0.29, 0.717) is 12.5 Å². The fourth-order valence-corrected chi connectivity index (χ4v) is 3.97. The number of carbonyl (C=O) groups excluding carboxylic acids is 1. The quantitative estimate of drug-likeness (QED) is 0.856. The minimum Gasteiger partial charge on any atom is -0.378 e. The van der Waals surface area contributed by atoms with E-state index >= 15 is 0 Å². The van der Waals surface area contributed by atoms with E-state index < -0.39 is 0 Å². The average molecular weight is 294 g/mol. The Hall–Kier alpha value is -0.940. The molecule has 0 aromatic carbocycles. The lowest BCUT2D eigenvalue weighted by molar-refractivity contribution is -0.135. The van der Waals surface area contributed by atoms with Gasteiger partial charge in [-0.1, -0.05) is 0 Å². The van der Waals surface area contributed by atoms with E-state index in [2.05, 4.69) is 9.88 Å². The molecule has 0 N–H and O–H groups in total. The largest absolute Gasteiger partial charge is 0.378 e. The topological polar surface area (TPSA) is 42.4 Å². The van der Waals surface area contributed by atoms with Gasteiger partial charge >= 0.3 is 0 Å². The fraction of sp³-hybridized carbons (Fsp3) is 0.733. The molecule has 3 rings (SSSR count). The van der Waals surface area contributed by atoms with Gasteiger partial charge in [-0.3, -0.25) is 4.79 Å². The van der Waals surface area contributed by atoms with E-state index in [9.17, 15) is 4.79 Å². The van der Waals surface area contributed by atoms with Crippen molar-refractivity contribution in [2.45, 2.75) is 57.1 Å². The van der Waals surface area contributed by atoms with Crippen LogP contribution in [0.5, 0.6) is 0 Å². The van der Waals surface area contributed by atoms with Gasteiger partial charge in [0, 0.05) is 31.1 Å². The van der Waals surface area contributed by atoms with Crippen LogP contribution in [0.3, 0.4) is 0 Å². The molecule has 20 heavy (non-hydrogen) atoms. The van der Waals surface area contributed by atoms with E-state index in [0.717, 1.165) is 50.3 Å². The molecule has 1 aromatic heterocycles. The van der Waals surface area contributed by atoms with Crippen LogP contribution in [0, 0.1) is 0 Å². The van der Waals surface area contributed by atoms with Crippen molar-refractivity contribution in [3.8, 4) is 0 Å². The summed E-state index contributed by atoms with van der Waals surface area (Å²) in [6, 6.07) is 0.209. The molecule has 110 valence electrons. The first-order valence-electron chi connectivity index (χ1n) is 7.65. The number of amides is 1. The number of hydrogen-bond donors (Lipinski definition) is 0. The molecule has 0 radical (unpaired) electrons. The zero-order valence-corrected chi connectivity index (χ0v) is 12.6. The first-order valence-corrected chi connectivity index (χ1v) is 8.53. The second-order valence-corrected chi connectivity index (χ2v) is 6.57. The molecule has 2 atom stereocenters. The zero-order chi connectivity index (χ0) is 13.8. The van der Waals surface area contributed by atoms with E-state index in [1.807, 2.05) is 11.6 Å². The predicted octanol–water partition coefficient (Wildman–Crippen LogP) is 3.16. The van der Waals surface area contributed by atoms with Crippen LogP contribution in [0.25, 0.3) is 0 Å². The van der Waals surface area contributed by atoms with Crippen LogP contribution in [0.2, 0.25) is 0 Å². The molecule has 0 spiro atoms. The van der Waals surface area contributed by atoms with E-state index in [1.165, 1.54) is 6.42 Å². The number of thiazole rings is 1. The van der Waals surface area contributed by atoms with Crippen molar-refractivity contribution in [2.24, 2.45) is 0 Å². The third-order valence-corrected chi connectivity index (χ3v) is 5.14. The molecule has 3 heterocycles. The second kappa shape index (κ2) is 6.68. The number of hydrogen-bond acceptors (Lipinski definition) is 4. The Labute approximate surface area is 124 Å². The molecule has 4 nitrogen and oxygen atoms in total.